The first-order chi connectivity index (χ1) is 14.0. The minimum Gasteiger partial charge on any atom is -0.354 e. The summed E-state index contributed by atoms with van der Waals surface area (Å²) in [6, 6.07) is 0. The molecule has 0 unspecified atom stereocenters. The van der Waals surface area contributed by atoms with E-state index < -0.39 is 0 Å². The van der Waals surface area contributed by atoms with Gasteiger partial charge in [0.25, 0.3) is 0 Å². The molecule has 0 atom stereocenters. The van der Waals surface area contributed by atoms with E-state index in [-0.39, 0.29) is 18.1 Å². The van der Waals surface area contributed by atoms with Gasteiger partial charge in [0.05, 0.1) is 0 Å². The van der Waals surface area contributed by atoms with Crippen LogP contribution in [0, 0.1) is 5.92 Å². The van der Waals surface area contributed by atoms with E-state index in [1.165, 1.54) is 4.68 Å². The van der Waals surface area contributed by atoms with Gasteiger partial charge >= 0.3 is 5.69 Å². The van der Waals surface area contributed by atoms with Gasteiger partial charge in [0.2, 0.25) is 5.91 Å². The molecule has 0 aliphatic carbocycles. The lowest BCUT2D eigenvalue weighted by molar-refractivity contribution is -0.121. The normalized spacial score (nSPS) is 14.1. The van der Waals surface area contributed by atoms with Gasteiger partial charge < -0.3 is 9.88 Å². The minimum atomic E-state index is -0.186. The molecule has 3 rings (SSSR count). The Labute approximate surface area is 175 Å². The predicted molar refractivity (Wildman–Crippen MR) is 112 cm³/mol. The molecule has 0 saturated heterocycles. The molecule has 0 fully saturated rings. The molecule has 0 saturated carbocycles. The third kappa shape index (κ3) is 5.49. The fourth-order valence-corrected chi connectivity index (χ4v) is 4.12. The third-order valence-corrected chi connectivity index (χ3v) is 5.67. The highest BCUT2D eigenvalue weighted by atomic mass is 32.2. The lowest BCUT2D eigenvalue weighted by Gasteiger charge is -2.11. The highest BCUT2D eigenvalue weighted by Crippen LogP contribution is 2.16. The maximum atomic E-state index is 12.4. The summed E-state index contributed by atoms with van der Waals surface area (Å²) in [6.45, 7) is 6.43. The molecule has 0 aromatic carbocycles. The first-order valence-corrected chi connectivity index (χ1v) is 11.6. The fraction of sp³-hybridized carbons (Fsp3) is 0.737. The van der Waals surface area contributed by atoms with Crippen LogP contribution in [-0.4, -0.2) is 47.8 Å². The number of fused-ring (bicyclic) bond motifs is 1. The Kier molecular flexibility index (Phi) is 7.51. The Morgan fingerprint density at radius 1 is 1.24 bits per heavy atom. The van der Waals surface area contributed by atoms with E-state index in [0.29, 0.717) is 19.0 Å². The Morgan fingerprint density at radius 2 is 2.07 bits per heavy atom. The van der Waals surface area contributed by atoms with E-state index >= 15 is 0 Å². The number of thioether (sulfide) groups is 1. The smallest absolute Gasteiger partial charge is 0.346 e. The lowest BCUT2D eigenvalue weighted by Crippen LogP contribution is -2.34. The van der Waals surface area contributed by atoms with Crippen LogP contribution in [0.4, 0.5) is 0 Å². The second-order valence-corrected chi connectivity index (χ2v) is 8.65. The zero-order valence-corrected chi connectivity index (χ0v) is 18.4. The number of rotatable bonds is 9. The molecular formula is C19H31N7O2S. The minimum absolute atomic E-state index is 0.0288. The maximum Gasteiger partial charge on any atom is 0.346 e. The van der Waals surface area contributed by atoms with Crippen molar-refractivity contribution in [2.24, 2.45) is 5.92 Å². The van der Waals surface area contributed by atoms with Crippen molar-refractivity contribution in [3.05, 3.63) is 22.1 Å². The quantitative estimate of drug-likeness (QED) is 0.486. The van der Waals surface area contributed by atoms with Crippen molar-refractivity contribution < 1.29 is 4.79 Å². The van der Waals surface area contributed by atoms with Crippen LogP contribution >= 0.6 is 11.8 Å². The fourth-order valence-electron chi connectivity index (χ4n) is 3.60. The molecule has 2 aromatic heterocycles. The molecule has 0 radical (unpaired) electrons. The number of nitrogens with zero attached hydrogens (tertiary/aromatic N) is 6. The van der Waals surface area contributed by atoms with Crippen LogP contribution < -0.4 is 11.0 Å². The topological polar surface area (TPSA) is 99.6 Å². The highest BCUT2D eigenvalue weighted by Gasteiger charge is 2.17. The average molecular weight is 422 g/mol. The molecule has 1 aliphatic heterocycles. The summed E-state index contributed by atoms with van der Waals surface area (Å²) in [6.07, 6.45) is 7.48. The molecule has 1 N–H and O–H groups in total. The number of carbonyl (C=O) groups is 1. The SMILES string of the molecule is CSc1nnc(CCCNC(=O)Cn2nc3n(c2=O)CCCCC3)n1CC(C)C. The molecule has 1 aliphatic rings. The molecule has 160 valence electrons. The summed E-state index contributed by atoms with van der Waals surface area (Å²) in [5, 5.41) is 16.7. The van der Waals surface area contributed by atoms with Crippen LogP contribution in [-0.2, 0) is 37.3 Å². The number of aromatic nitrogens is 6. The maximum absolute atomic E-state index is 12.4. The largest absolute Gasteiger partial charge is 0.354 e. The van der Waals surface area contributed by atoms with Crippen molar-refractivity contribution in [3.63, 3.8) is 0 Å². The van der Waals surface area contributed by atoms with Crippen LogP contribution in [0.25, 0.3) is 0 Å². The van der Waals surface area contributed by atoms with Crippen molar-refractivity contribution in [2.45, 2.75) is 77.2 Å². The van der Waals surface area contributed by atoms with Gasteiger partial charge in [-0.2, -0.15) is 5.10 Å². The second-order valence-electron chi connectivity index (χ2n) is 7.88. The molecule has 0 spiro atoms. The lowest BCUT2D eigenvalue weighted by atomic mass is 10.2. The summed E-state index contributed by atoms with van der Waals surface area (Å²) in [5.74, 6) is 2.08. The van der Waals surface area contributed by atoms with Gasteiger partial charge in [-0.25, -0.2) is 9.48 Å². The van der Waals surface area contributed by atoms with Crippen molar-refractivity contribution in [3.8, 4) is 0 Å². The highest BCUT2D eigenvalue weighted by molar-refractivity contribution is 7.98. The molecule has 29 heavy (non-hydrogen) atoms. The number of hydrogen-bond acceptors (Lipinski definition) is 6. The molecule has 10 heteroatoms. The zero-order valence-electron chi connectivity index (χ0n) is 17.6. The van der Waals surface area contributed by atoms with Gasteiger partial charge in [0, 0.05) is 32.5 Å². The molecule has 1 amide bonds. The number of carbonyl (C=O) groups excluding carboxylic acids is 1. The van der Waals surface area contributed by atoms with Crippen molar-refractivity contribution in [1.82, 2.24) is 34.4 Å². The van der Waals surface area contributed by atoms with Gasteiger partial charge in [0.15, 0.2) is 5.16 Å². The number of nitrogens with one attached hydrogen (secondary N) is 1. The summed E-state index contributed by atoms with van der Waals surface area (Å²) < 4.78 is 5.17. The van der Waals surface area contributed by atoms with Crippen molar-refractivity contribution in [1.29, 1.82) is 0 Å². The van der Waals surface area contributed by atoms with Crippen LogP contribution in [0.2, 0.25) is 0 Å². The Hall–Kier alpha value is -2.10. The van der Waals surface area contributed by atoms with E-state index in [9.17, 15) is 9.59 Å². The van der Waals surface area contributed by atoms with Crippen LogP contribution in [0.15, 0.2) is 9.95 Å². The van der Waals surface area contributed by atoms with Gasteiger partial charge in [-0.05, 0) is 31.4 Å². The van der Waals surface area contributed by atoms with Gasteiger partial charge in [-0.15, -0.1) is 10.2 Å². The van der Waals surface area contributed by atoms with E-state index in [1.807, 2.05) is 6.26 Å². The first kappa shape index (κ1) is 21.6. The molecule has 3 heterocycles. The summed E-state index contributed by atoms with van der Waals surface area (Å²) in [4.78, 5) is 24.7. The number of aryl methyl sites for hydroxylation is 2. The zero-order chi connectivity index (χ0) is 20.8. The van der Waals surface area contributed by atoms with Crippen molar-refractivity contribution in [2.75, 3.05) is 12.8 Å². The molecule has 0 bridgehead atoms. The first-order valence-electron chi connectivity index (χ1n) is 10.4. The van der Waals surface area contributed by atoms with Crippen molar-refractivity contribution >= 4 is 17.7 Å². The van der Waals surface area contributed by atoms with Gasteiger partial charge in [-0.1, -0.05) is 32.0 Å². The number of amides is 1. The average Bonchev–Trinajstić information content (AvgIpc) is 3.08. The standard InChI is InChI=1S/C19H31N7O2S/c1-14(2)12-25-15(21-22-18(25)29-3)9-7-10-20-17(27)13-26-19(28)24-11-6-4-5-8-16(24)23-26/h14H,4-13H2,1-3H3,(H,20,27). The molecule has 2 aromatic rings. The van der Waals surface area contributed by atoms with E-state index in [1.54, 1.807) is 16.3 Å². The van der Waals surface area contributed by atoms with Crippen LogP contribution in [0.1, 0.15) is 51.2 Å². The number of hydrogen-bond donors (Lipinski definition) is 1. The Morgan fingerprint density at radius 3 is 2.83 bits per heavy atom. The summed E-state index contributed by atoms with van der Waals surface area (Å²) in [5.41, 5.74) is -0.177. The van der Waals surface area contributed by atoms with Gasteiger partial charge in [0.1, 0.15) is 18.2 Å². The molecule has 9 nitrogen and oxygen atoms in total. The van der Waals surface area contributed by atoms with Crippen LogP contribution in [0.5, 0.6) is 0 Å². The Bertz CT molecular complexity index is 884. The van der Waals surface area contributed by atoms with E-state index in [4.69, 9.17) is 0 Å². The summed E-state index contributed by atoms with van der Waals surface area (Å²) >= 11 is 1.60. The van der Waals surface area contributed by atoms with E-state index in [0.717, 1.165) is 61.9 Å². The van der Waals surface area contributed by atoms with Crippen LogP contribution in [0.3, 0.4) is 0 Å². The Balaban J connectivity index is 1.49. The second kappa shape index (κ2) is 10.1. The predicted octanol–water partition coefficient (Wildman–Crippen LogP) is 1.49. The van der Waals surface area contributed by atoms with Gasteiger partial charge in [-0.3, -0.25) is 9.36 Å². The third-order valence-electron chi connectivity index (χ3n) is 5.00. The monoisotopic (exact) mass is 421 g/mol. The van der Waals surface area contributed by atoms with E-state index in [2.05, 4.69) is 39.0 Å². The summed E-state index contributed by atoms with van der Waals surface area (Å²) in [7, 11) is 0. The molecular weight excluding hydrogens is 390 g/mol.